The predicted molar refractivity (Wildman–Crippen MR) is 86.9 cm³/mol. The molecular formula is C14H15Cl3N2O3. The van der Waals surface area contributed by atoms with Crippen LogP contribution >= 0.6 is 34.8 Å². The number of rotatable bonds is 6. The molecule has 5 nitrogen and oxygen atoms in total. The first-order valence-corrected chi connectivity index (χ1v) is 7.86. The number of carboxylic acid groups (broad SMARTS) is 1. The van der Waals surface area contributed by atoms with E-state index in [0.717, 1.165) is 12.8 Å². The molecule has 0 aliphatic heterocycles. The number of anilines is 1. The number of halogens is 3. The molecule has 0 aromatic heterocycles. The van der Waals surface area contributed by atoms with Crippen molar-refractivity contribution in [3.63, 3.8) is 0 Å². The molecule has 2 rings (SSSR count). The highest BCUT2D eigenvalue weighted by atomic mass is 35.5. The quantitative estimate of drug-likeness (QED) is 0.809. The molecule has 2 N–H and O–H groups in total. The van der Waals surface area contributed by atoms with Crippen LogP contribution in [0.4, 0.5) is 5.69 Å². The van der Waals surface area contributed by atoms with Gasteiger partial charge in [-0.05, 0) is 31.9 Å². The average Bonchev–Trinajstić information content (AvgIpc) is 3.23. The number of amides is 1. The summed E-state index contributed by atoms with van der Waals surface area (Å²) < 4.78 is 0. The van der Waals surface area contributed by atoms with Crippen molar-refractivity contribution in [3.8, 4) is 0 Å². The molecule has 1 aromatic rings. The lowest BCUT2D eigenvalue weighted by Gasteiger charge is -2.25. The molecule has 0 spiro atoms. The van der Waals surface area contributed by atoms with Crippen LogP contribution in [0.1, 0.15) is 19.8 Å². The van der Waals surface area contributed by atoms with Crippen LogP contribution in [0.3, 0.4) is 0 Å². The minimum Gasteiger partial charge on any atom is -0.480 e. The summed E-state index contributed by atoms with van der Waals surface area (Å²) in [5.41, 5.74) is 0.274. The van der Waals surface area contributed by atoms with Crippen LogP contribution in [0, 0.1) is 0 Å². The highest BCUT2D eigenvalue weighted by Gasteiger charge is 2.36. The summed E-state index contributed by atoms with van der Waals surface area (Å²) in [6.45, 7) is 1.53. The molecule has 0 saturated heterocycles. The Balaban J connectivity index is 2.07. The number of nitrogens with zero attached hydrogens (tertiary/aromatic N) is 1. The van der Waals surface area contributed by atoms with Gasteiger partial charge in [0.05, 0.1) is 22.3 Å². The van der Waals surface area contributed by atoms with E-state index in [1.165, 1.54) is 12.1 Å². The van der Waals surface area contributed by atoms with E-state index in [0.29, 0.717) is 5.02 Å². The van der Waals surface area contributed by atoms with Crippen LogP contribution in [0.25, 0.3) is 0 Å². The largest absolute Gasteiger partial charge is 0.480 e. The van der Waals surface area contributed by atoms with E-state index < -0.39 is 12.0 Å². The van der Waals surface area contributed by atoms with Crippen LogP contribution in [0.5, 0.6) is 0 Å². The Kier molecular flexibility index (Phi) is 5.55. The molecule has 0 heterocycles. The fourth-order valence-electron chi connectivity index (χ4n) is 2.14. The standard InChI is InChI=1S/C14H15Cl3N2O3/c1-7(14(21)22)19(9-2-3-9)6-12(20)18-13-10(16)4-8(15)5-11(13)17/h4-5,7,9H,2-3,6H2,1H3,(H,18,20)(H,21,22). The van der Waals surface area contributed by atoms with Gasteiger partial charge < -0.3 is 10.4 Å². The molecule has 1 amide bonds. The van der Waals surface area contributed by atoms with Crippen LogP contribution in [-0.2, 0) is 9.59 Å². The van der Waals surface area contributed by atoms with E-state index in [1.54, 1.807) is 11.8 Å². The highest BCUT2D eigenvalue weighted by Crippen LogP contribution is 2.34. The zero-order chi connectivity index (χ0) is 16.4. The summed E-state index contributed by atoms with van der Waals surface area (Å²) in [5, 5.41) is 12.6. The van der Waals surface area contributed by atoms with Gasteiger partial charge in [-0.15, -0.1) is 0 Å². The first kappa shape index (κ1) is 17.3. The zero-order valence-corrected chi connectivity index (χ0v) is 14.0. The maximum Gasteiger partial charge on any atom is 0.320 e. The van der Waals surface area contributed by atoms with Crippen molar-refractivity contribution in [1.82, 2.24) is 4.90 Å². The first-order valence-electron chi connectivity index (χ1n) is 6.72. The molecule has 120 valence electrons. The van der Waals surface area contributed by atoms with Crippen LogP contribution in [0.15, 0.2) is 12.1 Å². The van der Waals surface area contributed by atoms with Gasteiger partial charge in [-0.2, -0.15) is 0 Å². The third kappa shape index (κ3) is 4.26. The summed E-state index contributed by atoms with van der Waals surface area (Å²) in [6, 6.07) is 2.36. The lowest BCUT2D eigenvalue weighted by molar-refractivity contribution is -0.143. The summed E-state index contributed by atoms with van der Waals surface area (Å²) in [6.07, 6.45) is 1.79. The second-order valence-corrected chi connectivity index (χ2v) is 6.46. The van der Waals surface area contributed by atoms with Gasteiger partial charge in [0.25, 0.3) is 0 Å². The first-order chi connectivity index (χ1) is 10.3. The van der Waals surface area contributed by atoms with Gasteiger partial charge in [-0.3, -0.25) is 14.5 Å². The van der Waals surface area contributed by atoms with Gasteiger partial charge in [-0.25, -0.2) is 0 Å². The second-order valence-electron chi connectivity index (χ2n) is 5.21. The van der Waals surface area contributed by atoms with E-state index in [1.807, 2.05) is 0 Å². The van der Waals surface area contributed by atoms with Crippen molar-refractivity contribution in [3.05, 3.63) is 27.2 Å². The van der Waals surface area contributed by atoms with Crippen LogP contribution in [-0.4, -0.2) is 40.5 Å². The van der Waals surface area contributed by atoms with E-state index in [-0.39, 0.29) is 34.2 Å². The van der Waals surface area contributed by atoms with E-state index in [2.05, 4.69) is 5.32 Å². The lowest BCUT2D eigenvalue weighted by atomic mass is 10.2. The zero-order valence-electron chi connectivity index (χ0n) is 11.8. The highest BCUT2D eigenvalue weighted by molar-refractivity contribution is 6.42. The van der Waals surface area contributed by atoms with Crippen molar-refractivity contribution in [2.75, 3.05) is 11.9 Å². The number of nitrogens with one attached hydrogen (secondary N) is 1. The molecule has 1 fully saturated rings. The fraction of sp³-hybridized carbons (Fsp3) is 0.429. The molecule has 8 heteroatoms. The Morgan fingerprint density at radius 1 is 1.32 bits per heavy atom. The number of carbonyl (C=O) groups excluding carboxylic acids is 1. The molecule has 1 aliphatic carbocycles. The van der Waals surface area contributed by atoms with Crippen molar-refractivity contribution < 1.29 is 14.7 Å². The lowest BCUT2D eigenvalue weighted by Crippen LogP contribution is -2.44. The molecule has 22 heavy (non-hydrogen) atoms. The Bertz CT molecular complexity index is 582. The fourth-order valence-corrected chi connectivity index (χ4v) is 3.05. The molecule has 0 radical (unpaired) electrons. The molecule has 1 atom stereocenters. The van der Waals surface area contributed by atoms with Gasteiger partial charge in [0, 0.05) is 11.1 Å². The van der Waals surface area contributed by atoms with E-state index >= 15 is 0 Å². The van der Waals surface area contributed by atoms with Crippen molar-refractivity contribution >= 4 is 52.4 Å². The smallest absolute Gasteiger partial charge is 0.320 e. The second kappa shape index (κ2) is 7.04. The molecule has 1 saturated carbocycles. The third-order valence-corrected chi connectivity index (χ3v) is 4.28. The third-order valence-electron chi connectivity index (χ3n) is 3.47. The number of aliphatic carboxylic acids is 1. The van der Waals surface area contributed by atoms with Gasteiger partial charge in [0.15, 0.2) is 0 Å². The molecule has 1 aliphatic rings. The van der Waals surface area contributed by atoms with Gasteiger partial charge >= 0.3 is 5.97 Å². The van der Waals surface area contributed by atoms with E-state index in [4.69, 9.17) is 39.9 Å². The summed E-state index contributed by atoms with van der Waals surface area (Å²) >= 11 is 17.8. The van der Waals surface area contributed by atoms with Gasteiger partial charge in [0.2, 0.25) is 5.91 Å². The molecule has 1 aromatic carbocycles. The summed E-state index contributed by atoms with van der Waals surface area (Å²) in [7, 11) is 0. The van der Waals surface area contributed by atoms with E-state index in [9.17, 15) is 9.59 Å². The maximum atomic E-state index is 12.2. The monoisotopic (exact) mass is 364 g/mol. The van der Waals surface area contributed by atoms with Crippen molar-refractivity contribution in [1.29, 1.82) is 0 Å². The Morgan fingerprint density at radius 3 is 2.32 bits per heavy atom. The van der Waals surface area contributed by atoms with Gasteiger partial charge in [-0.1, -0.05) is 34.8 Å². The molecular weight excluding hydrogens is 351 g/mol. The summed E-state index contributed by atoms with van der Waals surface area (Å²) in [5.74, 6) is -1.33. The van der Waals surface area contributed by atoms with Crippen LogP contribution in [0.2, 0.25) is 15.1 Å². The minimum atomic E-state index is -0.956. The number of carboxylic acids is 1. The molecule has 1 unspecified atom stereocenters. The maximum absolute atomic E-state index is 12.2. The topological polar surface area (TPSA) is 69.6 Å². The minimum absolute atomic E-state index is 0.0343. The number of hydrogen-bond acceptors (Lipinski definition) is 3. The molecule has 0 bridgehead atoms. The Morgan fingerprint density at radius 2 is 1.86 bits per heavy atom. The Hall–Kier alpha value is -1.01. The number of benzene rings is 1. The Labute approximate surface area is 143 Å². The summed E-state index contributed by atoms with van der Waals surface area (Å²) in [4.78, 5) is 25.0. The number of carbonyl (C=O) groups is 2. The van der Waals surface area contributed by atoms with Crippen molar-refractivity contribution in [2.24, 2.45) is 0 Å². The van der Waals surface area contributed by atoms with Crippen LogP contribution < -0.4 is 5.32 Å². The predicted octanol–water partition coefficient (Wildman–Crippen LogP) is 3.52. The number of hydrogen-bond donors (Lipinski definition) is 2. The van der Waals surface area contributed by atoms with Gasteiger partial charge in [0.1, 0.15) is 6.04 Å². The van der Waals surface area contributed by atoms with Crippen molar-refractivity contribution in [2.45, 2.75) is 31.8 Å². The SMILES string of the molecule is CC(C(=O)O)N(CC(=O)Nc1c(Cl)cc(Cl)cc1Cl)C1CC1. The normalized spacial score (nSPS) is 15.7. The average molecular weight is 366 g/mol.